The van der Waals surface area contributed by atoms with E-state index >= 15 is 0 Å². The summed E-state index contributed by atoms with van der Waals surface area (Å²) in [6.45, 7) is 9.09. The highest BCUT2D eigenvalue weighted by atomic mass is 15.0. The topological polar surface area (TPSA) is 12.0 Å². The lowest BCUT2D eigenvalue weighted by Crippen LogP contribution is -2.14. The summed E-state index contributed by atoms with van der Waals surface area (Å²) in [6, 6.07) is 7.42. The van der Waals surface area contributed by atoms with Gasteiger partial charge in [-0.25, -0.2) is 0 Å². The number of likely N-dealkylation sites (N-methyl/N-ethyl adjacent to an activating group) is 1. The monoisotopic (exact) mass is 203 g/mol. The Balaban J connectivity index is 2.36. The molecule has 1 N–H and O–H groups in total. The zero-order chi connectivity index (χ0) is 11.2. The van der Waals surface area contributed by atoms with E-state index in [0.29, 0.717) is 17.4 Å². The van der Waals surface area contributed by atoms with Crippen molar-refractivity contribution in [3.8, 4) is 0 Å². The van der Waals surface area contributed by atoms with E-state index in [2.05, 4.69) is 58.3 Å². The van der Waals surface area contributed by atoms with Crippen LogP contribution in [0.5, 0.6) is 0 Å². The first kappa shape index (κ1) is 10.7. The molecule has 0 bridgehead atoms. The maximum atomic E-state index is 3.42. The third-order valence-electron chi connectivity index (χ3n) is 3.91. The maximum Gasteiger partial charge on any atom is 0.0196 e. The van der Waals surface area contributed by atoms with Crippen LogP contribution in [-0.4, -0.2) is 13.1 Å². The molecule has 1 saturated carbocycles. The lowest BCUT2D eigenvalue weighted by atomic mass is 9.97. The zero-order valence-corrected chi connectivity index (χ0v) is 10.4. The van der Waals surface area contributed by atoms with Crippen LogP contribution in [0.1, 0.15) is 36.5 Å². The molecule has 1 aliphatic rings. The van der Waals surface area contributed by atoms with Gasteiger partial charge >= 0.3 is 0 Å². The highest BCUT2D eigenvalue weighted by Gasteiger charge is 2.57. The van der Waals surface area contributed by atoms with E-state index in [1.165, 1.54) is 16.7 Å². The highest BCUT2D eigenvalue weighted by molar-refractivity contribution is 5.41. The summed E-state index contributed by atoms with van der Waals surface area (Å²) < 4.78 is 0. The fourth-order valence-electron chi connectivity index (χ4n) is 2.85. The summed E-state index contributed by atoms with van der Waals surface area (Å²) >= 11 is 0. The zero-order valence-electron chi connectivity index (χ0n) is 10.4. The molecule has 0 aliphatic heterocycles. The summed E-state index contributed by atoms with van der Waals surface area (Å²) in [5.74, 6) is 0.683. The number of rotatable bonds is 2. The average Bonchev–Trinajstić information content (AvgIpc) is 2.72. The van der Waals surface area contributed by atoms with Gasteiger partial charge in [-0.3, -0.25) is 0 Å². The molecule has 1 aromatic rings. The van der Waals surface area contributed by atoms with Crippen LogP contribution in [0.15, 0.2) is 18.2 Å². The summed E-state index contributed by atoms with van der Waals surface area (Å²) in [7, 11) is 2.07. The molecule has 2 rings (SSSR count). The molecule has 0 aromatic heterocycles. The number of hydrogen-bond acceptors (Lipinski definition) is 1. The van der Waals surface area contributed by atoms with Crippen molar-refractivity contribution in [2.75, 3.05) is 7.05 Å². The van der Waals surface area contributed by atoms with Crippen LogP contribution in [0.4, 0.5) is 0 Å². The van der Waals surface area contributed by atoms with E-state index in [9.17, 15) is 0 Å². The third kappa shape index (κ3) is 1.59. The number of aryl methyl sites for hydroxylation is 2. The van der Waals surface area contributed by atoms with Crippen LogP contribution in [0, 0.1) is 19.3 Å². The number of hydrogen-bond donors (Lipinski definition) is 1. The first-order valence-corrected chi connectivity index (χ1v) is 5.73. The number of benzene rings is 1. The molecule has 2 atom stereocenters. The molecule has 0 saturated heterocycles. The second-order valence-electron chi connectivity index (χ2n) is 5.43. The summed E-state index contributed by atoms with van der Waals surface area (Å²) in [5, 5.41) is 3.42. The van der Waals surface area contributed by atoms with Gasteiger partial charge in [-0.2, -0.15) is 0 Å². The summed E-state index contributed by atoms with van der Waals surface area (Å²) in [6.07, 6.45) is 0. The Morgan fingerprint density at radius 1 is 1.20 bits per heavy atom. The van der Waals surface area contributed by atoms with Crippen molar-refractivity contribution in [1.82, 2.24) is 5.32 Å². The van der Waals surface area contributed by atoms with Gasteiger partial charge in [0.05, 0.1) is 0 Å². The smallest absolute Gasteiger partial charge is 0.0196 e. The third-order valence-corrected chi connectivity index (χ3v) is 3.91. The van der Waals surface area contributed by atoms with Crippen molar-refractivity contribution < 1.29 is 0 Å². The fraction of sp³-hybridized carbons (Fsp3) is 0.571. The molecule has 0 spiro atoms. The molecule has 0 amide bonds. The number of nitrogens with one attached hydrogen (secondary N) is 1. The van der Waals surface area contributed by atoms with Crippen molar-refractivity contribution >= 4 is 0 Å². The van der Waals surface area contributed by atoms with Crippen molar-refractivity contribution in [1.29, 1.82) is 0 Å². The van der Waals surface area contributed by atoms with Gasteiger partial charge in [-0.05, 0) is 37.4 Å². The second-order valence-corrected chi connectivity index (χ2v) is 5.43. The standard InChI is InChI=1S/C14H21N/c1-9-6-7-10(2)11(8-9)12-13(15-5)14(12,3)4/h6-8,12-13,15H,1-5H3. The SMILES string of the molecule is CNC1C(c2cc(C)ccc2C)C1(C)C. The second kappa shape index (κ2) is 3.34. The molecule has 0 radical (unpaired) electrons. The fourth-order valence-corrected chi connectivity index (χ4v) is 2.85. The Morgan fingerprint density at radius 2 is 1.87 bits per heavy atom. The lowest BCUT2D eigenvalue weighted by Gasteiger charge is -2.08. The van der Waals surface area contributed by atoms with Crippen LogP contribution < -0.4 is 5.32 Å². The Hall–Kier alpha value is -0.820. The molecule has 0 heterocycles. The first-order chi connectivity index (χ1) is 6.98. The molecule has 82 valence electrons. The molecule has 1 aromatic carbocycles. The summed E-state index contributed by atoms with van der Waals surface area (Å²) in [5.41, 5.74) is 4.73. The van der Waals surface area contributed by atoms with E-state index in [4.69, 9.17) is 0 Å². The Kier molecular flexibility index (Phi) is 2.38. The van der Waals surface area contributed by atoms with E-state index in [0.717, 1.165) is 0 Å². The van der Waals surface area contributed by atoms with Crippen molar-refractivity contribution in [3.05, 3.63) is 34.9 Å². The molecule has 1 fully saturated rings. The predicted molar refractivity (Wildman–Crippen MR) is 65.3 cm³/mol. The van der Waals surface area contributed by atoms with Gasteiger partial charge < -0.3 is 5.32 Å². The van der Waals surface area contributed by atoms with Crippen LogP contribution in [-0.2, 0) is 0 Å². The van der Waals surface area contributed by atoms with Gasteiger partial charge in [0.2, 0.25) is 0 Å². The van der Waals surface area contributed by atoms with Crippen molar-refractivity contribution in [2.45, 2.75) is 39.7 Å². The minimum absolute atomic E-state index is 0.410. The molecule has 1 heteroatoms. The molecule has 1 aliphatic carbocycles. The maximum absolute atomic E-state index is 3.42. The van der Waals surface area contributed by atoms with Gasteiger partial charge in [0, 0.05) is 12.0 Å². The predicted octanol–water partition coefficient (Wildman–Crippen LogP) is 3.01. The molecule has 1 nitrogen and oxygen atoms in total. The normalized spacial score (nSPS) is 27.8. The highest BCUT2D eigenvalue weighted by Crippen LogP contribution is 2.59. The van der Waals surface area contributed by atoms with E-state index < -0.39 is 0 Å². The van der Waals surface area contributed by atoms with Gasteiger partial charge in [0.15, 0.2) is 0 Å². The molecular formula is C14H21N. The van der Waals surface area contributed by atoms with Crippen LogP contribution in [0.2, 0.25) is 0 Å². The van der Waals surface area contributed by atoms with Crippen molar-refractivity contribution in [2.24, 2.45) is 5.41 Å². The van der Waals surface area contributed by atoms with Crippen LogP contribution >= 0.6 is 0 Å². The Morgan fingerprint density at radius 3 is 2.40 bits per heavy atom. The molecule has 2 unspecified atom stereocenters. The Bertz CT molecular complexity index is 379. The molecule has 15 heavy (non-hydrogen) atoms. The largest absolute Gasteiger partial charge is 0.316 e. The average molecular weight is 203 g/mol. The minimum atomic E-state index is 0.410. The van der Waals surface area contributed by atoms with Gasteiger partial charge in [0.1, 0.15) is 0 Å². The van der Waals surface area contributed by atoms with Crippen molar-refractivity contribution in [3.63, 3.8) is 0 Å². The van der Waals surface area contributed by atoms with E-state index in [1.807, 2.05) is 0 Å². The quantitative estimate of drug-likeness (QED) is 0.779. The van der Waals surface area contributed by atoms with E-state index in [1.54, 1.807) is 0 Å². The van der Waals surface area contributed by atoms with Gasteiger partial charge in [0.25, 0.3) is 0 Å². The van der Waals surface area contributed by atoms with Gasteiger partial charge in [-0.15, -0.1) is 0 Å². The van der Waals surface area contributed by atoms with Gasteiger partial charge in [-0.1, -0.05) is 37.6 Å². The summed E-state index contributed by atoms with van der Waals surface area (Å²) in [4.78, 5) is 0. The van der Waals surface area contributed by atoms with Crippen LogP contribution in [0.25, 0.3) is 0 Å². The molecular weight excluding hydrogens is 182 g/mol. The van der Waals surface area contributed by atoms with Crippen LogP contribution in [0.3, 0.4) is 0 Å². The lowest BCUT2D eigenvalue weighted by molar-refractivity contribution is 0.567. The van der Waals surface area contributed by atoms with E-state index in [-0.39, 0.29) is 0 Å². The Labute approximate surface area is 92.9 Å². The first-order valence-electron chi connectivity index (χ1n) is 5.73. The minimum Gasteiger partial charge on any atom is -0.316 e.